The minimum atomic E-state index is -0.586. The Bertz CT molecular complexity index is 1600. The van der Waals surface area contributed by atoms with Crippen molar-refractivity contribution in [3.05, 3.63) is 59.7 Å². The fraction of sp³-hybridized carbons (Fsp3) is 0.640. The van der Waals surface area contributed by atoms with Gasteiger partial charge >= 0.3 is 5.97 Å². The topological polar surface area (TPSA) is 202 Å². The van der Waals surface area contributed by atoms with Crippen LogP contribution in [0.15, 0.2) is 48.5 Å². The van der Waals surface area contributed by atoms with Gasteiger partial charge in [0, 0.05) is 45.9 Å². The fourth-order valence-corrected chi connectivity index (χ4v) is 6.33. The Labute approximate surface area is 397 Å². The number of aryl methyl sites for hydroxylation is 1. The first-order valence-corrected chi connectivity index (χ1v) is 23.1. The number of amides is 5. The second-order valence-electron chi connectivity index (χ2n) is 15.4. The molecule has 1 aliphatic heterocycles. The molecule has 0 bridgehead atoms. The number of likely N-dealkylation sites (N-methyl/N-ethyl adjacent to an activating group) is 2. The second kappa shape index (κ2) is 42.4. The van der Waals surface area contributed by atoms with E-state index in [9.17, 15) is 28.8 Å². The standard InChI is InChI=1S/C27H42N2O7.C10H18N3O3.C7H8.C3H8.C2H6.CH4O.Fm/c1-6-7-8-9-12-24(30)29-15-10-11-22(29)26(35-5)19(2)27(32)28-17-25(31)36-18-20-13-14-21(33-3)16-23(20)34-4;1-7(2)9(10(16)11-3)12-8(15)5-13(4)6-14;1-7-5-3-2-4-6-7;1-3-2;2*1-2;/h13-14,16,19,22,26H,6-12,15,17-18H2,1-5H3,(H,28,32);7,9H,5H2,1-4H3,(H,11,16)(H,12,15);2-6H,1H3;3H2,1-2H3;1-2H3;2H,1H3;/q;-1;;;;;. The summed E-state index contributed by atoms with van der Waals surface area (Å²) in [6.07, 6.45) is 8.76. The van der Waals surface area contributed by atoms with E-state index in [2.05, 4.69) is 55.8 Å². The van der Waals surface area contributed by atoms with Crippen LogP contribution in [-0.4, -0.2) is 131 Å². The molecule has 2 aromatic rings. The molecule has 0 aromatic heterocycles. The Balaban J connectivity index is -0.000000525. The first-order chi connectivity index (χ1) is 31.6. The van der Waals surface area contributed by atoms with Gasteiger partial charge in [0.25, 0.3) is 0 Å². The van der Waals surface area contributed by atoms with Crippen molar-refractivity contribution in [2.24, 2.45) is 11.8 Å². The number of esters is 1. The van der Waals surface area contributed by atoms with Crippen molar-refractivity contribution in [1.29, 1.82) is 0 Å². The number of aliphatic hydroxyl groups is 1. The van der Waals surface area contributed by atoms with E-state index in [-0.39, 0.29) is 55.3 Å². The smallest absolute Gasteiger partial charge is 0.325 e. The Morgan fingerprint density at radius 3 is 2.00 bits per heavy atom. The summed E-state index contributed by atoms with van der Waals surface area (Å²) in [6, 6.07) is 14.7. The van der Waals surface area contributed by atoms with Gasteiger partial charge < -0.3 is 54.6 Å². The average molecular weight is 1190 g/mol. The van der Waals surface area contributed by atoms with Crippen LogP contribution in [-0.2, 0) is 44.8 Å². The Morgan fingerprint density at radius 1 is 0.910 bits per heavy atom. The van der Waals surface area contributed by atoms with E-state index in [4.69, 9.17) is 24.1 Å². The fourth-order valence-electron chi connectivity index (χ4n) is 6.33. The third kappa shape index (κ3) is 29.1. The minimum Gasteiger partial charge on any atom is -0.520 e. The van der Waals surface area contributed by atoms with E-state index in [1.807, 2.05) is 50.8 Å². The van der Waals surface area contributed by atoms with Gasteiger partial charge in [0.2, 0.25) is 23.6 Å². The molecule has 1 heterocycles. The maximum Gasteiger partial charge on any atom is 0.325 e. The first-order valence-electron chi connectivity index (χ1n) is 23.1. The van der Waals surface area contributed by atoms with E-state index in [1.54, 1.807) is 45.8 Å². The van der Waals surface area contributed by atoms with Gasteiger partial charge in [-0.1, -0.05) is 117 Å². The van der Waals surface area contributed by atoms with Gasteiger partial charge in [-0.25, -0.2) is 0 Å². The molecule has 0 spiro atoms. The van der Waals surface area contributed by atoms with Gasteiger partial charge in [0.05, 0.1) is 38.8 Å². The number of methoxy groups -OCH3 is 3. The zero-order chi connectivity index (χ0) is 51.0. The number of unbranched alkanes of at least 4 members (excludes halogenated alkanes) is 3. The first kappa shape index (κ1) is 67.4. The summed E-state index contributed by atoms with van der Waals surface area (Å²) in [5, 5.41) is 14.7. The van der Waals surface area contributed by atoms with Crippen molar-refractivity contribution in [2.45, 2.75) is 138 Å². The molecular weight excluding hydrogens is 1100 g/mol. The predicted octanol–water partition coefficient (Wildman–Crippen LogP) is 6.39. The number of nitrogens with one attached hydrogen (secondary N) is 3. The molecule has 5 amide bonds. The molecule has 4 unspecified atom stereocenters. The van der Waals surface area contributed by atoms with Crippen LogP contribution in [0, 0.1) is 18.8 Å². The minimum absolute atomic E-state index is 0. The van der Waals surface area contributed by atoms with E-state index >= 15 is 0 Å². The number of ether oxygens (including phenoxy) is 4. The number of aliphatic hydroxyl groups excluding tert-OH is 1. The number of rotatable bonds is 21. The predicted molar refractivity (Wildman–Crippen MR) is 262 cm³/mol. The van der Waals surface area contributed by atoms with Crippen LogP contribution in [0.3, 0.4) is 0 Å². The third-order valence-electron chi connectivity index (χ3n) is 9.70. The van der Waals surface area contributed by atoms with E-state index in [0.717, 1.165) is 50.5 Å². The molecule has 17 heteroatoms. The molecule has 0 radical (unpaired) electrons. The maximum atomic E-state index is 12.8. The molecule has 1 aliphatic rings. The summed E-state index contributed by atoms with van der Waals surface area (Å²) in [4.78, 5) is 73.9. The van der Waals surface area contributed by atoms with Gasteiger partial charge in [-0.05, 0) is 51.3 Å². The molecule has 4 atom stereocenters. The van der Waals surface area contributed by atoms with Crippen LogP contribution in [0.2, 0.25) is 0 Å². The molecule has 4 N–H and O–H groups in total. The number of hydrogen-bond acceptors (Lipinski definition) is 11. The van der Waals surface area contributed by atoms with Gasteiger partial charge in [-0.15, -0.1) is 0 Å². The van der Waals surface area contributed by atoms with Gasteiger partial charge in [0.15, 0.2) is 0 Å². The molecule has 0 aliphatic carbocycles. The molecule has 1 fully saturated rings. The number of carbonyl (C=O) groups is 5. The zero-order valence-electron chi connectivity index (χ0n) is 43.2. The van der Waals surface area contributed by atoms with Crippen molar-refractivity contribution >= 4 is 36.0 Å². The van der Waals surface area contributed by atoms with E-state index in [0.29, 0.717) is 30.0 Å². The van der Waals surface area contributed by atoms with Gasteiger partial charge in [-0.3, -0.25) is 24.0 Å². The molecular formula is C50H86FmN5O11-. The Kier molecular flexibility index (Phi) is 42.7. The van der Waals surface area contributed by atoms with Crippen LogP contribution in [0.4, 0.5) is 0 Å². The molecule has 2 aromatic carbocycles. The number of carbonyl (C=O) groups excluding carboxylic acids is 6. The van der Waals surface area contributed by atoms with Crippen LogP contribution in [0.5, 0.6) is 11.5 Å². The van der Waals surface area contributed by atoms with Crippen molar-refractivity contribution in [3.63, 3.8) is 0 Å². The Morgan fingerprint density at radius 2 is 1.52 bits per heavy atom. The summed E-state index contributed by atoms with van der Waals surface area (Å²) in [5.74, 6) is -0.763. The normalized spacial score (nSPS) is 13.2. The summed E-state index contributed by atoms with van der Waals surface area (Å²) < 4.78 is 21.5. The maximum absolute atomic E-state index is 12.8. The molecule has 390 valence electrons. The molecule has 0 saturated carbocycles. The van der Waals surface area contributed by atoms with Crippen LogP contribution in [0.1, 0.15) is 118 Å². The SMILES string of the molecule is CC.CCC.CCCCCCC(=O)N1CCCC1C(OC)C(C)C(=O)NCC(=O)OCc1ccc(OC)cc1OC.CNC(=O)C(NC(=O)CN(C)[C-]=O)C(C)C.CO.Cc1ccccc1.[Fm]. The van der Waals surface area contributed by atoms with Crippen LogP contribution in [0.25, 0.3) is 0 Å². The second-order valence-corrected chi connectivity index (χ2v) is 15.4. The summed E-state index contributed by atoms with van der Waals surface area (Å²) >= 11 is 0. The number of nitrogens with zero attached hydrogens (tertiary/aromatic N) is 2. The monoisotopic (exact) mass is 1190 g/mol. The van der Waals surface area contributed by atoms with Crippen LogP contribution < -0.4 is 25.4 Å². The Hall–Kier alpha value is -6.22. The van der Waals surface area contributed by atoms with Gasteiger partial charge in [-0.2, -0.15) is 6.41 Å². The number of likely N-dealkylation sites (tertiary alicyclic amines) is 1. The van der Waals surface area contributed by atoms with Gasteiger partial charge in [0.1, 0.15) is 30.7 Å². The number of hydrogen-bond donors (Lipinski definition) is 4. The zero-order valence-corrected chi connectivity index (χ0v) is 45.6. The van der Waals surface area contributed by atoms with Crippen molar-refractivity contribution in [1.82, 2.24) is 25.8 Å². The van der Waals surface area contributed by atoms with E-state index in [1.165, 1.54) is 33.2 Å². The van der Waals surface area contributed by atoms with Crippen molar-refractivity contribution in [2.75, 3.05) is 62.2 Å². The third-order valence-corrected chi connectivity index (χ3v) is 9.70. The van der Waals surface area contributed by atoms with Crippen LogP contribution >= 0.6 is 0 Å². The average Bonchev–Trinajstić information content (AvgIpc) is 3.82. The molecule has 3 rings (SSSR count). The largest absolute Gasteiger partial charge is 0.520 e. The summed E-state index contributed by atoms with van der Waals surface area (Å²) in [5.41, 5.74) is 2.01. The molecule has 16 nitrogen and oxygen atoms in total. The number of benzene rings is 2. The summed E-state index contributed by atoms with van der Waals surface area (Å²) in [7, 11) is 8.60. The van der Waals surface area contributed by atoms with Crippen molar-refractivity contribution < 1.29 is 52.8 Å². The molecule has 1 saturated heterocycles. The van der Waals surface area contributed by atoms with Crippen molar-refractivity contribution in [3.8, 4) is 11.5 Å². The molecule has 67 heavy (non-hydrogen) atoms. The van der Waals surface area contributed by atoms with E-state index < -0.39 is 24.0 Å². The summed E-state index contributed by atoms with van der Waals surface area (Å²) in [6.45, 7) is 18.2. The quantitative estimate of drug-likeness (QED) is 0.0467.